The number of thiophene rings is 1. The summed E-state index contributed by atoms with van der Waals surface area (Å²) in [4.78, 5) is 25.0. The molecule has 0 spiro atoms. The number of carbonyl (C=O) groups is 2. The van der Waals surface area contributed by atoms with Crippen LogP contribution in [0.4, 0.5) is 0 Å². The molecule has 118 valence electrons. The molecule has 2 heterocycles. The molecule has 1 unspecified atom stereocenters. The number of aryl methyl sites for hydroxylation is 1. The van der Waals surface area contributed by atoms with Crippen molar-refractivity contribution < 1.29 is 14.7 Å². The molecular formula is C17H14ClNO3S. The number of rotatable bonds is 4. The van der Waals surface area contributed by atoms with Gasteiger partial charge in [-0.15, -0.1) is 11.3 Å². The van der Waals surface area contributed by atoms with Crippen molar-refractivity contribution in [3.63, 3.8) is 0 Å². The smallest absolute Gasteiger partial charge is 0.326 e. The molecule has 0 aliphatic heterocycles. The molecule has 1 N–H and O–H groups in total. The summed E-state index contributed by atoms with van der Waals surface area (Å²) >= 11 is 7.32. The van der Waals surface area contributed by atoms with E-state index in [9.17, 15) is 14.7 Å². The Balaban J connectivity index is 2.17. The molecule has 0 bridgehead atoms. The fourth-order valence-corrected chi connectivity index (χ4v) is 3.80. The second kappa shape index (κ2) is 5.83. The van der Waals surface area contributed by atoms with Crippen LogP contribution in [0.5, 0.6) is 0 Å². The Bertz CT molecular complexity index is 908. The van der Waals surface area contributed by atoms with E-state index in [0.717, 1.165) is 15.8 Å². The average molecular weight is 348 g/mol. The minimum Gasteiger partial charge on any atom is -0.480 e. The molecule has 0 aliphatic rings. The van der Waals surface area contributed by atoms with Gasteiger partial charge >= 0.3 is 5.97 Å². The number of fused-ring (bicyclic) bond motifs is 1. The molecule has 1 aromatic carbocycles. The van der Waals surface area contributed by atoms with E-state index in [-0.39, 0.29) is 5.78 Å². The van der Waals surface area contributed by atoms with Crippen LogP contribution < -0.4 is 0 Å². The Morgan fingerprint density at radius 2 is 1.91 bits per heavy atom. The van der Waals surface area contributed by atoms with Crippen molar-refractivity contribution in [2.24, 2.45) is 0 Å². The Kier molecular flexibility index (Phi) is 4.00. The normalized spacial score (nSPS) is 12.5. The number of carbonyl (C=O) groups excluding carboxylic acids is 1. The molecule has 0 saturated carbocycles. The molecule has 2 aromatic heterocycles. The van der Waals surface area contributed by atoms with Crippen molar-refractivity contribution in [2.75, 3.05) is 0 Å². The first kappa shape index (κ1) is 15.8. The Hall–Kier alpha value is -2.11. The number of carboxylic acids is 1. The largest absolute Gasteiger partial charge is 0.480 e. The molecule has 1 atom stereocenters. The SMILES string of the molecule is Cc1csc2c1c(C(=O)c1ccc(Cl)cc1)cn2C(C)C(=O)O. The highest BCUT2D eigenvalue weighted by Gasteiger charge is 2.24. The number of aromatic nitrogens is 1. The number of carboxylic acid groups (broad SMARTS) is 1. The minimum atomic E-state index is -0.932. The summed E-state index contributed by atoms with van der Waals surface area (Å²) in [5.74, 6) is -1.07. The maximum Gasteiger partial charge on any atom is 0.326 e. The standard InChI is InChI=1S/C17H14ClNO3S/c1-9-8-23-16-14(9)13(7-19(16)10(2)17(21)22)15(20)11-3-5-12(18)6-4-11/h3-8,10H,1-2H3,(H,21,22). The van der Waals surface area contributed by atoms with Crippen LogP contribution in [-0.2, 0) is 4.79 Å². The number of ketones is 1. The van der Waals surface area contributed by atoms with E-state index in [1.54, 1.807) is 42.0 Å². The summed E-state index contributed by atoms with van der Waals surface area (Å²) in [5.41, 5.74) is 2.02. The molecule has 6 heteroatoms. The van der Waals surface area contributed by atoms with E-state index in [1.165, 1.54) is 11.3 Å². The zero-order valence-corrected chi connectivity index (χ0v) is 14.1. The van der Waals surface area contributed by atoms with Crippen LogP contribution in [0.15, 0.2) is 35.8 Å². The third kappa shape index (κ3) is 2.66. The van der Waals surface area contributed by atoms with Gasteiger partial charge in [-0.25, -0.2) is 4.79 Å². The van der Waals surface area contributed by atoms with E-state index in [4.69, 9.17) is 11.6 Å². The summed E-state index contributed by atoms with van der Waals surface area (Å²) in [6.45, 7) is 3.53. The summed E-state index contributed by atoms with van der Waals surface area (Å²) in [7, 11) is 0. The van der Waals surface area contributed by atoms with Crippen molar-refractivity contribution >= 4 is 44.9 Å². The minimum absolute atomic E-state index is 0.135. The van der Waals surface area contributed by atoms with E-state index >= 15 is 0 Å². The number of halogens is 1. The first-order valence-corrected chi connectivity index (χ1v) is 8.27. The summed E-state index contributed by atoms with van der Waals surface area (Å²) in [5, 5.41) is 12.6. The van der Waals surface area contributed by atoms with Gasteiger partial charge in [0.25, 0.3) is 0 Å². The van der Waals surface area contributed by atoms with Crippen LogP contribution in [-0.4, -0.2) is 21.4 Å². The third-order valence-corrected chi connectivity index (χ3v) is 5.21. The highest BCUT2D eigenvalue weighted by molar-refractivity contribution is 7.17. The highest BCUT2D eigenvalue weighted by atomic mass is 35.5. The van der Waals surface area contributed by atoms with Gasteiger partial charge in [0.05, 0.1) is 0 Å². The highest BCUT2D eigenvalue weighted by Crippen LogP contribution is 2.34. The number of hydrogen-bond acceptors (Lipinski definition) is 3. The van der Waals surface area contributed by atoms with Gasteiger partial charge in [0.15, 0.2) is 5.78 Å². The fourth-order valence-electron chi connectivity index (χ4n) is 2.55. The van der Waals surface area contributed by atoms with Crippen molar-refractivity contribution in [3.05, 3.63) is 57.6 Å². The molecule has 0 fully saturated rings. The molecule has 0 radical (unpaired) electrons. The summed E-state index contributed by atoms with van der Waals surface area (Å²) in [6.07, 6.45) is 1.64. The molecule has 3 aromatic rings. The number of hydrogen-bond donors (Lipinski definition) is 1. The van der Waals surface area contributed by atoms with Crippen LogP contribution in [0.3, 0.4) is 0 Å². The summed E-state index contributed by atoms with van der Waals surface area (Å²) in [6, 6.07) is 5.96. The van der Waals surface area contributed by atoms with Crippen LogP contribution in [0.1, 0.15) is 34.5 Å². The van der Waals surface area contributed by atoms with Crippen molar-refractivity contribution in [1.82, 2.24) is 4.57 Å². The predicted molar refractivity (Wildman–Crippen MR) is 91.8 cm³/mol. The monoisotopic (exact) mass is 347 g/mol. The van der Waals surface area contributed by atoms with E-state index in [0.29, 0.717) is 16.1 Å². The second-order valence-electron chi connectivity index (χ2n) is 5.40. The lowest BCUT2D eigenvalue weighted by Crippen LogP contribution is -2.14. The van der Waals surface area contributed by atoms with Gasteiger partial charge < -0.3 is 9.67 Å². The number of benzene rings is 1. The number of nitrogens with zero attached hydrogens (tertiary/aromatic N) is 1. The first-order valence-electron chi connectivity index (χ1n) is 7.02. The molecule has 0 amide bonds. The van der Waals surface area contributed by atoms with Crippen LogP contribution in [0, 0.1) is 6.92 Å². The maximum atomic E-state index is 12.8. The van der Waals surface area contributed by atoms with Gasteiger partial charge in [-0.05, 0) is 49.1 Å². The molecular weight excluding hydrogens is 334 g/mol. The van der Waals surface area contributed by atoms with Crippen LogP contribution in [0.2, 0.25) is 5.02 Å². The average Bonchev–Trinajstić information content (AvgIpc) is 3.08. The molecule has 3 rings (SSSR count). The number of aliphatic carboxylic acids is 1. The van der Waals surface area contributed by atoms with Crippen molar-refractivity contribution in [2.45, 2.75) is 19.9 Å². The summed E-state index contributed by atoms with van der Waals surface area (Å²) < 4.78 is 1.65. The van der Waals surface area contributed by atoms with E-state index in [1.807, 2.05) is 12.3 Å². The fraction of sp³-hybridized carbons (Fsp3) is 0.176. The topological polar surface area (TPSA) is 59.3 Å². The molecule has 4 nitrogen and oxygen atoms in total. The Labute approximate surface area is 141 Å². The molecule has 0 aliphatic carbocycles. The quantitative estimate of drug-likeness (QED) is 0.705. The van der Waals surface area contributed by atoms with Gasteiger partial charge in [0.1, 0.15) is 10.9 Å². The molecule has 23 heavy (non-hydrogen) atoms. The second-order valence-corrected chi connectivity index (χ2v) is 6.69. The Morgan fingerprint density at radius 3 is 2.52 bits per heavy atom. The van der Waals surface area contributed by atoms with Gasteiger partial charge in [-0.3, -0.25) is 4.79 Å². The lowest BCUT2D eigenvalue weighted by Gasteiger charge is -2.08. The van der Waals surface area contributed by atoms with Gasteiger partial charge in [-0.2, -0.15) is 0 Å². The zero-order valence-electron chi connectivity index (χ0n) is 12.5. The third-order valence-electron chi connectivity index (χ3n) is 3.85. The van der Waals surface area contributed by atoms with E-state index < -0.39 is 12.0 Å². The molecule has 0 saturated heterocycles. The Morgan fingerprint density at radius 1 is 1.26 bits per heavy atom. The van der Waals surface area contributed by atoms with Crippen molar-refractivity contribution in [3.8, 4) is 0 Å². The van der Waals surface area contributed by atoms with Crippen molar-refractivity contribution in [1.29, 1.82) is 0 Å². The first-order chi connectivity index (χ1) is 10.9. The maximum absolute atomic E-state index is 12.8. The van der Waals surface area contributed by atoms with Crippen LogP contribution >= 0.6 is 22.9 Å². The zero-order chi connectivity index (χ0) is 16.7. The lowest BCUT2D eigenvalue weighted by molar-refractivity contribution is -0.140. The van der Waals surface area contributed by atoms with Gasteiger partial charge in [-0.1, -0.05) is 11.6 Å². The predicted octanol–water partition coefficient (Wildman–Crippen LogP) is 4.54. The lowest BCUT2D eigenvalue weighted by atomic mass is 10.0. The van der Waals surface area contributed by atoms with Gasteiger partial charge in [0, 0.05) is 27.7 Å². The van der Waals surface area contributed by atoms with Crippen LogP contribution in [0.25, 0.3) is 10.2 Å². The van der Waals surface area contributed by atoms with E-state index in [2.05, 4.69) is 0 Å². The van der Waals surface area contributed by atoms with Gasteiger partial charge in [0.2, 0.25) is 0 Å².